The van der Waals surface area contributed by atoms with Crippen LogP contribution in [0, 0.1) is 5.92 Å². The van der Waals surface area contributed by atoms with Crippen molar-refractivity contribution < 1.29 is 9.84 Å². The lowest BCUT2D eigenvalue weighted by molar-refractivity contribution is -0.0581. The summed E-state index contributed by atoms with van der Waals surface area (Å²) in [6.07, 6.45) is 1.86. The first kappa shape index (κ1) is 24.0. The summed E-state index contributed by atoms with van der Waals surface area (Å²) in [5, 5.41) is 14.0. The highest BCUT2D eigenvalue weighted by atomic mass is 79.9. The third kappa shape index (κ3) is 4.37. The van der Waals surface area contributed by atoms with Crippen LogP contribution in [-0.2, 0) is 12.0 Å². The Bertz CT molecular complexity index is 1340. The van der Waals surface area contributed by atoms with E-state index in [1.165, 1.54) is 5.56 Å². The van der Waals surface area contributed by atoms with Crippen molar-refractivity contribution in [1.29, 1.82) is 0 Å². The van der Waals surface area contributed by atoms with E-state index >= 15 is 0 Å². The molecule has 0 bridgehead atoms. The first-order valence-electron chi connectivity index (χ1n) is 12.1. The quantitative estimate of drug-likeness (QED) is 0.324. The molecular weight excluding hydrogens is 500 g/mol. The highest BCUT2D eigenvalue weighted by molar-refractivity contribution is 9.10. The van der Waals surface area contributed by atoms with Crippen molar-refractivity contribution in [2.45, 2.75) is 24.4 Å². The van der Waals surface area contributed by atoms with Crippen LogP contribution in [0.15, 0.2) is 83.3 Å². The second-order valence-electron chi connectivity index (χ2n) is 9.75. The molecule has 4 nitrogen and oxygen atoms in total. The largest absolute Gasteiger partial charge is 0.481 e. The lowest BCUT2D eigenvalue weighted by Gasteiger charge is -2.48. The molecule has 3 atom stereocenters. The number of fused-ring (bicyclic) bond motifs is 2. The Morgan fingerprint density at radius 2 is 1.80 bits per heavy atom. The number of hydrogen-bond acceptors (Lipinski definition) is 4. The van der Waals surface area contributed by atoms with Crippen molar-refractivity contribution in [3.05, 3.63) is 106 Å². The van der Waals surface area contributed by atoms with Gasteiger partial charge in [-0.1, -0.05) is 70.5 Å². The molecular formula is C30H31BrN2O2. The molecule has 180 valence electrons. The molecule has 1 N–H and O–H groups in total. The average molecular weight is 531 g/mol. The molecule has 1 aromatic heterocycles. The van der Waals surface area contributed by atoms with Gasteiger partial charge in [0.05, 0.1) is 12.6 Å². The molecule has 1 aliphatic rings. The molecule has 0 spiro atoms. The number of aromatic nitrogens is 1. The summed E-state index contributed by atoms with van der Waals surface area (Å²) in [6.45, 7) is 0.781. The van der Waals surface area contributed by atoms with Gasteiger partial charge in [0.1, 0.15) is 5.60 Å². The summed E-state index contributed by atoms with van der Waals surface area (Å²) in [6, 6.07) is 26.9. The van der Waals surface area contributed by atoms with Gasteiger partial charge in [-0.15, -0.1) is 0 Å². The monoisotopic (exact) mass is 530 g/mol. The number of rotatable bonds is 6. The van der Waals surface area contributed by atoms with Crippen molar-refractivity contribution in [3.8, 4) is 5.88 Å². The first-order valence-corrected chi connectivity index (χ1v) is 12.9. The summed E-state index contributed by atoms with van der Waals surface area (Å²) >= 11 is 3.61. The Morgan fingerprint density at radius 1 is 1.06 bits per heavy atom. The van der Waals surface area contributed by atoms with Crippen LogP contribution in [0.1, 0.15) is 34.6 Å². The molecule has 0 unspecified atom stereocenters. The molecule has 0 aliphatic heterocycles. The number of nitrogens with zero attached hydrogens (tertiary/aromatic N) is 2. The van der Waals surface area contributed by atoms with Gasteiger partial charge in [-0.25, -0.2) is 4.98 Å². The zero-order valence-electron chi connectivity index (χ0n) is 20.4. The zero-order chi connectivity index (χ0) is 24.6. The number of halogens is 1. The van der Waals surface area contributed by atoms with Crippen LogP contribution in [0.2, 0.25) is 0 Å². The van der Waals surface area contributed by atoms with Gasteiger partial charge in [-0.2, -0.15) is 0 Å². The number of pyridine rings is 1. The molecule has 35 heavy (non-hydrogen) atoms. The molecule has 0 saturated carbocycles. The van der Waals surface area contributed by atoms with Gasteiger partial charge in [0, 0.05) is 33.8 Å². The van der Waals surface area contributed by atoms with Gasteiger partial charge in [0.15, 0.2) is 0 Å². The van der Waals surface area contributed by atoms with Crippen molar-refractivity contribution in [2.75, 3.05) is 27.7 Å². The summed E-state index contributed by atoms with van der Waals surface area (Å²) in [5.74, 6) is 0.218. The molecule has 1 aliphatic carbocycles. The van der Waals surface area contributed by atoms with Crippen molar-refractivity contribution in [3.63, 3.8) is 0 Å². The Kier molecular flexibility index (Phi) is 6.67. The van der Waals surface area contributed by atoms with E-state index in [1.54, 1.807) is 7.11 Å². The number of methoxy groups -OCH3 is 1. The maximum Gasteiger partial charge on any atom is 0.217 e. The Balaban J connectivity index is 1.83. The smallest absolute Gasteiger partial charge is 0.217 e. The zero-order valence-corrected chi connectivity index (χ0v) is 22.0. The summed E-state index contributed by atoms with van der Waals surface area (Å²) in [7, 11) is 5.82. The van der Waals surface area contributed by atoms with Gasteiger partial charge in [0.25, 0.3) is 0 Å². The van der Waals surface area contributed by atoms with Crippen LogP contribution in [0.4, 0.5) is 0 Å². The summed E-state index contributed by atoms with van der Waals surface area (Å²) < 4.78 is 6.87. The van der Waals surface area contributed by atoms with E-state index in [0.717, 1.165) is 51.5 Å². The van der Waals surface area contributed by atoms with Gasteiger partial charge < -0.3 is 14.7 Å². The molecule has 0 fully saturated rings. The summed E-state index contributed by atoms with van der Waals surface area (Å²) in [4.78, 5) is 7.06. The van der Waals surface area contributed by atoms with Gasteiger partial charge in [-0.05, 0) is 67.9 Å². The fourth-order valence-electron chi connectivity index (χ4n) is 5.79. The maximum absolute atomic E-state index is 13.0. The number of aryl methyl sites for hydroxylation is 1. The standard InChI is InChI=1S/C30H31BrN2O2/c1-33(2)19-23-14-13-20-9-7-8-12-26(20)30(23,34)28(21-10-5-4-6-11-21)25-18-22-17-24(31)15-16-27(22)32-29(25)35-3/h4-12,15-18,23,28,34H,13-14,19H2,1-3H3/t23-,28-,30+/m1/s1. The van der Waals surface area contributed by atoms with Crippen LogP contribution < -0.4 is 4.74 Å². The van der Waals surface area contributed by atoms with E-state index in [1.807, 2.05) is 36.4 Å². The van der Waals surface area contributed by atoms with Crippen LogP contribution >= 0.6 is 15.9 Å². The van der Waals surface area contributed by atoms with Crippen LogP contribution in [0.25, 0.3) is 10.9 Å². The second-order valence-corrected chi connectivity index (χ2v) is 10.7. The van der Waals surface area contributed by atoms with Crippen LogP contribution in [-0.4, -0.2) is 42.7 Å². The van der Waals surface area contributed by atoms with Crippen molar-refractivity contribution in [1.82, 2.24) is 9.88 Å². The predicted octanol–water partition coefficient (Wildman–Crippen LogP) is 6.15. The normalized spacial score (nSPS) is 20.6. The van der Waals surface area contributed by atoms with E-state index in [2.05, 4.69) is 77.4 Å². The van der Waals surface area contributed by atoms with E-state index in [0.29, 0.717) is 5.88 Å². The minimum absolute atomic E-state index is 0.0283. The van der Waals surface area contributed by atoms with Gasteiger partial charge >= 0.3 is 0 Å². The molecule has 5 rings (SSSR count). The number of aliphatic hydroxyl groups is 1. The van der Waals surface area contributed by atoms with Crippen LogP contribution in [0.5, 0.6) is 5.88 Å². The Hall–Kier alpha value is -2.73. The van der Waals surface area contributed by atoms with E-state index < -0.39 is 5.60 Å². The molecule has 0 saturated heterocycles. The third-order valence-electron chi connectivity index (χ3n) is 7.27. The number of benzene rings is 3. The third-order valence-corrected chi connectivity index (χ3v) is 7.76. The lowest BCUT2D eigenvalue weighted by atomic mass is 9.62. The minimum atomic E-state index is -1.14. The Labute approximate surface area is 215 Å². The topological polar surface area (TPSA) is 45.6 Å². The number of ether oxygens (including phenoxy) is 1. The van der Waals surface area contributed by atoms with E-state index in [9.17, 15) is 5.11 Å². The molecule has 3 aromatic carbocycles. The number of hydrogen-bond donors (Lipinski definition) is 1. The molecule has 1 heterocycles. The summed E-state index contributed by atoms with van der Waals surface area (Å²) in [5.41, 5.74) is 3.87. The maximum atomic E-state index is 13.0. The second kappa shape index (κ2) is 9.73. The highest BCUT2D eigenvalue weighted by Crippen LogP contribution is 2.53. The Morgan fingerprint density at radius 3 is 2.54 bits per heavy atom. The van der Waals surface area contributed by atoms with Gasteiger partial charge in [-0.3, -0.25) is 0 Å². The average Bonchev–Trinajstić information content (AvgIpc) is 2.86. The fourth-order valence-corrected chi connectivity index (χ4v) is 6.17. The van der Waals surface area contributed by atoms with E-state index in [-0.39, 0.29) is 11.8 Å². The molecule has 4 aromatic rings. The molecule has 0 radical (unpaired) electrons. The van der Waals surface area contributed by atoms with Crippen molar-refractivity contribution >= 4 is 26.8 Å². The molecule has 5 heteroatoms. The van der Waals surface area contributed by atoms with Crippen molar-refractivity contribution in [2.24, 2.45) is 5.92 Å². The minimum Gasteiger partial charge on any atom is -0.481 e. The molecule has 0 amide bonds. The van der Waals surface area contributed by atoms with E-state index in [4.69, 9.17) is 9.72 Å². The van der Waals surface area contributed by atoms with Crippen LogP contribution in [0.3, 0.4) is 0 Å². The SMILES string of the molecule is COc1nc2ccc(Br)cc2cc1[C@@H](c1ccccc1)[C@@]1(O)c2ccccc2CC[C@@H]1CN(C)C. The van der Waals surface area contributed by atoms with Gasteiger partial charge in [0.2, 0.25) is 5.88 Å². The fraction of sp³-hybridized carbons (Fsp3) is 0.300. The lowest BCUT2D eigenvalue weighted by Crippen LogP contribution is -2.48. The first-order chi connectivity index (χ1) is 16.9. The predicted molar refractivity (Wildman–Crippen MR) is 145 cm³/mol. The highest BCUT2D eigenvalue weighted by Gasteiger charge is 2.50.